The Hall–Kier alpha value is -0.0300. The summed E-state index contributed by atoms with van der Waals surface area (Å²) in [6.07, 6.45) is 5.77. The molecule has 1 heterocycles. The van der Waals surface area contributed by atoms with Crippen LogP contribution in [0.25, 0.3) is 0 Å². The molecule has 0 radical (unpaired) electrons. The fourth-order valence-electron chi connectivity index (χ4n) is 3.25. The quantitative estimate of drug-likeness (QED) is 0.825. The lowest BCUT2D eigenvalue weighted by Gasteiger charge is -2.22. The van der Waals surface area contributed by atoms with Gasteiger partial charge < -0.3 is 16.0 Å². The average molecular weight is 312 g/mol. The van der Waals surface area contributed by atoms with Crippen LogP contribution in [0, 0.1) is 11.8 Å². The molecule has 1 aliphatic carbocycles. The third-order valence-corrected chi connectivity index (χ3v) is 4.48. The van der Waals surface area contributed by atoms with Crippen molar-refractivity contribution in [3.63, 3.8) is 0 Å². The third kappa shape index (κ3) is 4.78. The molecule has 114 valence electrons. The number of rotatable bonds is 4. The van der Waals surface area contributed by atoms with Crippen LogP contribution in [0.1, 0.15) is 32.1 Å². The van der Waals surface area contributed by atoms with Crippen LogP contribution in [0.15, 0.2) is 0 Å². The first-order valence-electron chi connectivity index (χ1n) is 6.90. The molecule has 1 saturated carbocycles. The second-order valence-corrected chi connectivity index (χ2v) is 5.55. The van der Waals surface area contributed by atoms with Crippen molar-refractivity contribution in [2.24, 2.45) is 17.6 Å². The third-order valence-electron chi connectivity index (χ3n) is 4.48. The summed E-state index contributed by atoms with van der Waals surface area (Å²) in [5, 5.41) is 3.13. The fourth-order valence-corrected chi connectivity index (χ4v) is 3.25. The van der Waals surface area contributed by atoms with E-state index < -0.39 is 0 Å². The van der Waals surface area contributed by atoms with E-state index in [4.69, 9.17) is 5.73 Å². The van der Waals surface area contributed by atoms with Crippen molar-refractivity contribution in [2.75, 3.05) is 26.7 Å². The highest BCUT2D eigenvalue weighted by Gasteiger charge is 2.32. The number of likely N-dealkylation sites (N-methyl/N-ethyl adjacent to an activating group) is 1. The highest BCUT2D eigenvalue weighted by atomic mass is 35.5. The monoisotopic (exact) mass is 311 g/mol. The molecule has 0 spiro atoms. The van der Waals surface area contributed by atoms with Crippen LogP contribution in [0.3, 0.4) is 0 Å². The van der Waals surface area contributed by atoms with Gasteiger partial charge in [-0.05, 0) is 51.7 Å². The van der Waals surface area contributed by atoms with Gasteiger partial charge in [0, 0.05) is 18.5 Å². The number of hydrogen-bond donors (Lipinski definition) is 2. The number of nitrogens with zero attached hydrogens (tertiary/aromatic N) is 1. The summed E-state index contributed by atoms with van der Waals surface area (Å²) in [5.74, 6) is 0.821. The zero-order valence-electron chi connectivity index (χ0n) is 11.6. The fraction of sp³-hybridized carbons (Fsp3) is 0.923. The Kier molecular flexibility index (Phi) is 8.99. The summed E-state index contributed by atoms with van der Waals surface area (Å²) in [7, 11) is 2.14. The molecular weight excluding hydrogens is 285 g/mol. The van der Waals surface area contributed by atoms with Gasteiger partial charge in [0.2, 0.25) is 5.91 Å². The van der Waals surface area contributed by atoms with Crippen molar-refractivity contribution in [1.29, 1.82) is 0 Å². The van der Waals surface area contributed by atoms with Crippen molar-refractivity contribution < 1.29 is 4.79 Å². The number of amides is 1. The van der Waals surface area contributed by atoms with Crippen LogP contribution in [0.2, 0.25) is 0 Å². The summed E-state index contributed by atoms with van der Waals surface area (Å²) in [6.45, 7) is 2.62. The molecule has 2 aliphatic rings. The first-order chi connectivity index (χ1) is 8.22. The van der Waals surface area contributed by atoms with Gasteiger partial charge in [-0.15, -0.1) is 24.8 Å². The molecule has 1 amide bonds. The summed E-state index contributed by atoms with van der Waals surface area (Å²) in [6, 6.07) is 0.539. The van der Waals surface area contributed by atoms with Gasteiger partial charge in [0.25, 0.3) is 0 Å². The minimum absolute atomic E-state index is 0. The number of hydrogen-bond acceptors (Lipinski definition) is 3. The van der Waals surface area contributed by atoms with E-state index in [0.717, 1.165) is 32.4 Å². The van der Waals surface area contributed by atoms with Crippen molar-refractivity contribution in [1.82, 2.24) is 10.2 Å². The number of likely N-dealkylation sites (tertiary alicyclic amines) is 1. The maximum Gasteiger partial charge on any atom is 0.223 e. The SMILES string of the molecule is CN1CCCC1CNC(=O)[C@@H]1CCC[C@@H]1CN.Cl.Cl. The average Bonchev–Trinajstić information content (AvgIpc) is 2.94. The van der Waals surface area contributed by atoms with Gasteiger partial charge in [-0.25, -0.2) is 0 Å². The van der Waals surface area contributed by atoms with Gasteiger partial charge >= 0.3 is 0 Å². The second-order valence-electron chi connectivity index (χ2n) is 5.55. The van der Waals surface area contributed by atoms with Crippen molar-refractivity contribution >= 4 is 30.7 Å². The normalized spacial score (nSPS) is 30.5. The van der Waals surface area contributed by atoms with Crippen molar-refractivity contribution in [2.45, 2.75) is 38.1 Å². The molecule has 0 aromatic heterocycles. The largest absolute Gasteiger partial charge is 0.354 e. The van der Waals surface area contributed by atoms with E-state index >= 15 is 0 Å². The van der Waals surface area contributed by atoms with Gasteiger partial charge in [0.05, 0.1) is 0 Å². The molecule has 0 aromatic rings. The maximum atomic E-state index is 12.1. The Balaban J connectivity index is 0.00000162. The minimum atomic E-state index is 0. The Bertz CT molecular complexity index is 279. The summed E-state index contributed by atoms with van der Waals surface area (Å²) in [4.78, 5) is 14.4. The molecule has 0 aromatic carbocycles. The summed E-state index contributed by atoms with van der Waals surface area (Å²) < 4.78 is 0. The molecule has 2 fully saturated rings. The van der Waals surface area contributed by atoms with Gasteiger partial charge in [0.1, 0.15) is 0 Å². The molecule has 1 saturated heterocycles. The Morgan fingerprint density at radius 1 is 1.26 bits per heavy atom. The predicted molar refractivity (Wildman–Crippen MR) is 83.0 cm³/mol. The van der Waals surface area contributed by atoms with Crippen LogP contribution in [0.5, 0.6) is 0 Å². The van der Waals surface area contributed by atoms with E-state index in [2.05, 4.69) is 17.3 Å². The number of carbonyl (C=O) groups excluding carboxylic acids is 1. The molecule has 6 heteroatoms. The standard InChI is InChI=1S/C13H25N3O.2ClH/c1-16-7-3-5-11(16)9-15-13(17)12-6-2-4-10(12)8-14;;/h10-12H,2-9,14H2,1H3,(H,15,17);2*1H/t10-,11?,12-;;/m1../s1. The summed E-state index contributed by atoms with van der Waals surface area (Å²) in [5.41, 5.74) is 5.71. The van der Waals surface area contributed by atoms with Crippen LogP contribution in [-0.2, 0) is 4.79 Å². The molecule has 4 nitrogen and oxygen atoms in total. The van der Waals surface area contributed by atoms with Gasteiger partial charge in [0.15, 0.2) is 0 Å². The van der Waals surface area contributed by atoms with Crippen LogP contribution in [0.4, 0.5) is 0 Å². The van der Waals surface area contributed by atoms with Crippen LogP contribution in [-0.4, -0.2) is 43.5 Å². The van der Waals surface area contributed by atoms with E-state index in [1.54, 1.807) is 0 Å². The Morgan fingerprint density at radius 2 is 2.00 bits per heavy atom. The van der Waals surface area contributed by atoms with E-state index in [9.17, 15) is 4.79 Å². The first kappa shape index (κ1) is 19.0. The Labute approximate surface area is 128 Å². The van der Waals surface area contributed by atoms with E-state index in [1.807, 2.05) is 0 Å². The lowest BCUT2D eigenvalue weighted by atomic mass is 9.95. The highest BCUT2D eigenvalue weighted by Crippen LogP contribution is 2.31. The number of halogens is 2. The Morgan fingerprint density at radius 3 is 2.58 bits per heavy atom. The van der Waals surface area contributed by atoms with E-state index in [0.29, 0.717) is 18.5 Å². The van der Waals surface area contributed by atoms with Crippen LogP contribution >= 0.6 is 24.8 Å². The molecule has 3 N–H and O–H groups in total. The topological polar surface area (TPSA) is 58.4 Å². The minimum Gasteiger partial charge on any atom is -0.354 e. The zero-order valence-corrected chi connectivity index (χ0v) is 13.3. The number of carbonyl (C=O) groups is 1. The highest BCUT2D eigenvalue weighted by molar-refractivity contribution is 5.85. The molecule has 0 bridgehead atoms. The molecule has 1 aliphatic heterocycles. The van der Waals surface area contributed by atoms with Crippen molar-refractivity contribution in [3.8, 4) is 0 Å². The van der Waals surface area contributed by atoms with E-state index in [-0.39, 0.29) is 36.6 Å². The van der Waals surface area contributed by atoms with Crippen LogP contribution < -0.4 is 11.1 Å². The maximum absolute atomic E-state index is 12.1. The molecule has 3 atom stereocenters. The molecule has 2 rings (SSSR count). The van der Waals surface area contributed by atoms with Gasteiger partial charge in [-0.3, -0.25) is 4.79 Å². The number of nitrogens with one attached hydrogen (secondary N) is 1. The molecule has 19 heavy (non-hydrogen) atoms. The number of nitrogens with two attached hydrogens (primary N) is 1. The smallest absolute Gasteiger partial charge is 0.223 e. The molecular formula is C13H27Cl2N3O. The lowest BCUT2D eigenvalue weighted by molar-refractivity contribution is -0.126. The summed E-state index contributed by atoms with van der Waals surface area (Å²) >= 11 is 0. The zero-order chi connectivity index (χ0) is 12.3. The second kappa shape index (κ2) is 9.01. The van der Waals surface area contributed by atoms with Gasteiger partial charge in [-0.1, -0.05) is 6.42 Å². The first-order valence-corrected chi connectivity index (χ1v) is 6.90. The van der Waals surface area contributed by atoms with Gasteiger partial charge in [-0.2, -0.15) is 0 Å². The van der Waals surface area contributed by atoms with Crippen molar-refractivity contribution in [3.05, 3.63) is 0 Å². The molecule has 1 unspecified atom stereocenters. The van der Waals surface area contributed by atoms with E-state index in [1.165, 1.54) is 12.8 Å². The predicted octanol–water partition coefficient (Wildman–Crippen LogP) is 1.42. The lowest BCUT2D eigenvalue weighted by Crippen LogP contribution is -2.42.